The van der Waals surface area contributed by atoms with Crippen LogP contribution in [0.15, 0.2) is 42.6 Å². The molecule has 0 spiro atoms. The molecule has 0 fully saturated rings. The molecule has 0 aliphatic carbocycles. The van der Waals surface area contributed by atoms with Gasteiger partial charge in [-0.1, -0.05) is 6.07 Å². The molecule has 21 heavy (non-hydrogen) atoms. The number of rotatable bonds is 6. The highest BCUT2D eigenvalue weighted by Crippen LogP contribution is 2.17. The Morgan fingerprint density at radius 1 is 1.29 bits per heavy atom. The van der Waals surface area contributed by atoms with E-state index in [4.69, 9.17) is 5.11 Å². The second-order valence-electron chi connectivity index (χ2n) is 4.20. The Kier molecular flexibility index (Phi) is 5.22. The fraction of sp³-hybridized carbons (Fsp3) is 0.133. The number of carboxylic acids is 1. The third kappa shape index (κ3) is 4.85. The average Bonchev–Trinajstić information content (AvgIpc) is 2.95. The molecular formula is C15H14N2O3S. The van der Waals surface area contributed by atoms with Crippen LogP contribution in [0, 0.1) is 0 Å². The molecule has 0 radical (unpaired) electrons. The van der Waals surface area contributed by atoms with Gasteiger partial charge in [0.1, 0.15) is 0 Å². The highest BCUT2D eigenvalue weighted by Gasteiger charge is 2.07. The molecule has 2 aromatic rings. The van der Waals surface area contributed by atoms with Gasteiger partial charge in [0.05, 0.1) is 4.88 Å². The van der Waals surface area contributed by atoms with E-state index in [1.807, 2.05) is 18.2 Å². The summed E-state index contributed by atoms with van der Waals surface area (Å²) < 4.78 is 0. The summed E-state index contributed by atoms with van der Waals surface area (Å²) in [5.74, 6) is -1.17. The van der Waals surface area contributed by atoms with Crippen molar-refractivity contribution < 1.29 is 14.7 Å². The number of carbonyl (C=O) groups is 2. The van der Waals surface area contributed by atoms with E-state index in [0.717, 1.165) is 16.6 Å². The number of hydrogen-bond acceptors (Lipinski definition) is 4. The number of hydrogen-bond donors (Lipinski definition) is 2. The molecule has 6 heteroatoms. The second kappa shape index (κ2) is 7.35. The van der Waals surface area contributed by atoms with Gasteiger partial charge in [-0.25, -0.2) is 4.79 Å². The summed E-state index contributed by atoms with van der Waals surface area (Å²) in [4.78, 5) is 27.8. The molecule has 0 aliphatic heterocycles. The van der Waals surface area contributed by atoms with Crippen molar-refractivity contribution >= 4 is 29.3 Å². The Bertz CT molecular complexity index is 650. The van der Waals surface area contributed by atoms with Gasteiger partial charge in [-0.05, 0) is 30.3 Å². The molecular weight excluding hydrogens is 288 g/mol. The number of aliphatic carboxylic acids is 1. The fourth-order valence-corrected chi connectivity index (χ4v) is 2.48. The fourth-order valence-electron chi connectivity index (χ4n) is 1.66. The lowest BCUT2D eigenvalue weighted by Crippen LogP contribution is -2.25. The van der Waals surface area contributed by atoms with E-state index in [-0.39, 0.29) is 5.91 Å². The molecule has 2 rings (SSSR count). The van der Waals surface area contributed by atoms with Gasteiger partial charge in [0.25, 0.3) is 5.91 Å². The molecule has 108 valence electrons. The van der Waals surface area contributed by atoms with Gasteiger partial charge >= 0.3 is 5.97 Å². The Labute approximate surface area is 126 Å². The zero-order chi connectivity index (χ0) is 15.1. The minimum Gasteiger partial charge on any atom is -0.478 e. The SMILES string of the molecule is O=C(O)C=Cc1ccc(C(=O)NCCc2ccccn2)s1. The van der Waals surface area contributed by atoms with E-state index in [1.54, 1.807) is 18.3 Å². The summed E-state index contributed by atoms with van der Waals surface area (Å²) in [6, 6.07) is 9.07. The lowest BCUT2D eigenvalue weighted by molar-refractivity contribution is -0.131. The maximum absolute atomic E-state index is 11.9. The largest absolute Gasteiger partial charge is 0.478 e. The van der Waals surface area contributed by atoms with Crippen LogP contribution in [-0.2, 0) is 11.2 Å². The quantitative estimate of drug-likeness (QED) is 0.802. The van der Waals surface area contributed by atoms with Crippen LogP contribution in [-0.4, -0.2) is 28.5 Å². The molecule has 2 heterocycles. The van der Waals surface area contributed by atoms with Crippen molar-refractivity contribution in [1.82, 2.24) is 10.3 Å². The molecule has 0 aliphatic rings. The van der Waals surface area contributed by atoms with Crippen molar-refractivity contribution in [2.24, 2.45) is 0 Å². The molecule has 2 N–H and O–H groups in total. The Balaban J connectivity index is 1.85. The van der Waals surface area contributed by atoms with Crippen molar-refractivity contribution in [3.8, 4) is 0 Å². The van der Waals surface area contributed by atoms with Crippen LogP contribution >= 0.6 is 11.3 Å². The zero-order valence-corrected chi connectivity index (χ0v) is 12.0. The van der Waals surface area contributed by atoms with Gasteiger partial charge in [0.2, 0.25) is 0 Å². The van der Waals surface area contributed by atoms with E-state index < -0.39 is 5.97 Å². The normalized spacial score (nSPS) is 10.7. The minimum atomic E-state index is -1.01. The van der Waals surface area contributed by atoms with Crippen LogP contribution in [0.25, 0.3) is 6.08 Å². The Morgan fingerprint density at radius 2 is 2.14 bits per heavy atom. The number of thiophene rings is 1. The van der Waals surface area contributed by atoms with E-state index in [0.29, 0.717) is 17.8 Å². The van der Waals surface area contributed by atoms with Crippen molar-refractivity contribution in [3.63, 3.8) is 0 Å². The Hall–Kier alpha value is -2.47. The van der Waals surface area contributed by atoms with Gasteiger partial charge in [-0.15, -0.1) is 11.3 Å². The molecule has 1 amide bonds. The van der Waals surface area contributed by atoms with Crippen LogP contribution in [0.4, 0.5) is 0 Å². The van der Waals surface area contributed by atoms with Crippen LogP contribution in [0.2, 0.25) is 0 Å². The first kappa shape index (κ1) is 14.9. The van der Waals surface area contributed by atoms with Crippen LogP contribution in [0.1, 0.15) is 20.2 Å². The van der Waals surface area contributed by atoms with Gasteiger partial charge in [-0.3, -0.25) is 9.78 Å². The molecule has 0 atom stereocenters. The van der Waals surface area contributed by atoms with Gasteiger partial charge < -0.3 is 10.4 Å². The van der Waals surface area contributed by atoms with Crippen molar-refractivity contribution in [1.29, 1.82) is 0 Å². The minimum absolute atomic E-state index is 0.161. The highest BCUT2D eigenvalue weighted by atomic mass is 32.1. The summed E-state index contributed by atoms with van der Waals surface area (Å²) in [7, 11) is 0. The maximum Gasteiger partial charge on any atom is 0.328 e. The predicted molar refractivity (Wildman–Crippen MR) is 81.3 cm³/mol. The number of pyridine rings is 1. The first-order valence-corrected chi connectivity index (χ1v) is 7.16. The molecule has 0 bridgehead atoms. The smallest absolute Gasteiger partial charge is 0.328 e. The molecule has 0 aromatic carbocycles. The number of nitrogens with zero attached hydrogens (tertiary/aromatic N) is 1. The number of nitrogens with one attached hydrogen (secondary N) is 1. The van der Waals surface area contributed by atoms with Gasteiger partial charge in [0, 0.05) is 35.8 Å². The summed E-state index contributed by atoms with van der Waals surface area (Å²) in [6.07, 6.45) is 4.91. The topological polar surface area (TPSA) is 79.3 Å². The van der Waals surface area contributed by atoms with Gasteiger partial charge in [0.15, 0.2) is 0 Å². The third-order valence-corrected chi connectivity index (χ3v) is 3.68. The number of carbonyl (C=O) groups excluding carboxylic acids is 1. The number of amides is 1. The molecule has 0 saturated carbocycles. The predicted octanol–water partition coefficient (Wildman–Crippen LogP) is 2.21. The van der Waals surface area contributed by atoms with Crippen molar-refractivity contribution in [2.75, 3.05) is 6.54 Å². The molecule has 0 unspecified atom stereocenters. The van der Waals surface area contributed by atoms with E-state index >= 15 is 0 Å². The zero-order valence-electron chi connectivity index (χ0n) is 11.2. The molecule has 2 aromatic heterocycles. The first-order chi connectivity index (χ1) is 10.1. The monoisotopic (exact) mass is 302 g/mol. The van der Waals surface area contributed by atoms with Crippen LogP contribution in [0.5, 0.6) is 0 Å². The highest BCUT2D eigenvalue weighted by molar-refractivity contribution is 7.14. The average molecular weight is 302 g/mol. The van der Waals surface area contributed by atoms with E-state index in [2.05, 4.69) is 10.3 Å². The standard InChI is InChI=1S/C15H14N2O3S/c18-14(19)7-5-12-4-6-13(21-12)15(20)17-10-8-11-3-1-2-9-16-11/h1-7,9H,8,10H2,(H,17,20)(H,18,19). The van der Waals surface area contributed by atoms with Crippen molar-refractivity contribution in [2.45, 2.75) is 6.42 Å². The van der Waals surface area contributed by atoms with E-state index in [1.165, 1.54) is 17.4 Å². The lowest BCUT2D eigenvalue weighted by Gasteiger charge is -2.02. The lowest BCUT2D eigenvalue weighted by atomic mass is 10.2. The maximum atomic E-state index is 11.9. The molecule has 5 nitrogen and oxygen atoms in total. The molecule has 0 saturated heterocycles. The van der Waals surface area contributed by atoms with Crippen molar-refractivity contribution in [3.05, 3.63) is 58.1 Å². The summed E-state index contributed by atoms with van der Waals surface area (Å²) in [5, 5.41) is 11.4. The second-order valence-corrected chi connectivity index (χ2v) is 5.32. The number of aromatic nitrogens is 1. The summed E-state index contributed by atoms with van der Waals surface area (Å²) in [6.45, 7) is 0.508. The first-order valence-electron chi connectivity index (χ1n) is 6.34. The van der Waals surface area contributed by atoms with Crippen LogP contribution < -0.4 is 5.32 Å². The Morgan fingerprint density at radius 3 is 2.86 bits per heavy atom. The third-order valence-electron chi connectivity index (χ3n) is 2.63. The number of carboxylic acid groups (broad SMARTS) is 1. The van der Waals surface area contributed by atoms with E-state index in [9.17, 15) is 9.59 Å². The summed E-state index contributed by atoms with van der Waals surface area (Å²) >= 11 is 1.25. The van der Waals surface area contributed by atoms with Gasteiger partial charge in [-0.2, -0.15) is 0 Å². The van der Waals surface area contributed by atoms with Crippen LogP contribution in [0.3, 0.4) is 0 Å². The summed E-state index contributed by atoms with van der Waals surface area (Å²) in [5.41, 5.74) is 0.925.